The zero-order chi connectivity index (χ0) is 11.5. The van der Waals surface area contributed by atoms with Gasteiger partial charge in [-0.05, 0) is 31.2 Å². The SMILES string of the molecule is COCCN(C)C(=O)C1NCC2CCCC21. The quantitative estimate of drug-likeness (QED) is 0.758. The van der Waals surface area contributed by atoms with Crippen molar-refractivity contribution in [2.24, 2.45) is 11.8 Å². The van der Waals surface area contributed by atoms with Gasteiger partial charge in [0.25, 0.3) is 0 Å². The van der Waals surface area contributed by atoms with Crippen LogP contribution in [0.1, 0.15) is 19.3 Å². The summed E-state index contributed by atoms with van der Waals surface area (Å²) in [5.41, 5.74) is 0. The highest BCUT2D eigenvalue weighted by molar-refractivity contribution is 5.82. The van der Waals surface area contributed by atoms with E-state index in [4.69, 9.17) is 4.74 Å². The van der Waals surface area contributed by atoms with Crippen molar-refractivity contribution in [1.82, 2.24) is 10.2 Å². The van der Waals surface area contributed by atoms with Gasteiger partial charge in [0.1, 0.15) is 0 Å². The lowest BCUT2D eigenvalue weighted by Crippen LogP contribution is -2.45. The number of rotatable bonds is 4. The van der Waals surface area contributed by atoms with E-state index < -0.39 is 0 Å². The summed E-state index contributed by atoms with van der Waals surface area (Å²) in [6, 6.07) is 0.0642. The third-order valence-electron chi connectivity index (χ3n) is 4.02. The molecular formula is C12H22N2O2. The summed E-state index contributed by atoms with van der Waals surface area (Å²) in [6.45, 7) is 2.33. The number of nitrogens with zero attached hydrogens (tertiary/aromatic N) is 1. The molecule has 0 spiro atoms. The molecule has 0 aromatic rings. The third-order valence-corrected chi connectivity index (χ3v) is 4.02. The lowest BCUT2D eigenvalue weighted by Gasteiger charge is -2.24. The van der Waals surface area contributed by atoms with Crippen LogP contribution < -0.4 is 5.32 Å². The number of methoxy groups -OCH3 is 1. The van der Waals surface area contributed by atoms with Gasteiger partial charge in [0.05, 0.1) is 12.6 Å². The highest BCUT2D eigenvalue weighted by atomic mass is 16.5. The molecule has 4 nitrogen and oxygen atoms in total. The number of hydrogen-bond acceptors (Lipinski definition) is 3. The van der Waals surface area contributed by atoms with Crippen LogP contribution in [-0.4, -0.2) is 50.7 Å². The molecule has 3 unspecified atom stereocenters. The molecule has 3 atom stereocenters. The summed E-state index contributed by atoms with van der Waals surface area (Å²) >= 11 is 0. The molecule has 1 heterocycles. The van der Waals surface area contributed by atoms with Crippen LogP contribution in [0.25, 0.3) is 0 Å². The molecule has 4 heteroatoms. The molecule has 1 aliphatic heterocycles. The smallest absolute Gasteiger partial charge is 0.239 e. The summed E-state index contributed by atoms with van der Waals surface area (Å²) in [6.07, 6.45) is 3.80. The average Bonchev–Trinajstić information content (AvgIpc) is 2.86. The van der Waals surface area contributed by atoms with Crippen LogP contribution in [0.15, 0.2) is 0 Å². The average molecular weight is 226 g/mol. The predicted molar refractivity (Wildman–Crippen MR) is 62.1 cm³/mol. The fraction of sp³-hybridized carbons (Fsp3) is 0.917. The molecule has 1 N–H and O–H groups in total. The van der Waals surface area contributed by atoms with E-state index in [-0.39, 0.29) is 11.9 Å². The van der Waals surface area contributed by atoms with E-state index in [1.165, 1.54) is 19.3 Å². The number of amides is 1. The van der Waals surface area contributed by atoms with Crippen molar-refractivity contribution in [3.63, 3.8) is 0 Å². The largest absolute Gasteiger partial charge is 0.383 e. The topological polar surface area (TPSA) is 41.6 Å². The van der Waals surface area contributed by atoms with Gasteiger partial charge in [-0.25, -0.2) is 0 Å². The van der Waals surface area contributed by atoms with Gasteiger partial charge in [0, 0.05) is 20.7 Å². The summed E-state index contributed by atoms with van der Waals surface area (Å²) in [5, 5.41) is 3.38. The van der Waals surface area contributed by atoms with Gasteiger partial charge in [-0.1, -0.05) is 6.42 Å². The molecule has 0 aromatic heterocycles. The Balaban J connectivity index is 1.89. The van der Waals surface area contributed by atoms with Gasteiger partial charge in [0.2, 0.25) is 5.91 Å². The molecule has 2 rings (SSSR count). The number of hydrogen-bond donors (Lipinski definition) is 1. The Morgan fingerprint density at radius 3 is 3.06 bits per heavy atom. The highest BCUT2D eigenvalue weighted by Crippen LogP contribution is 2.38. The van der Waals surface area contributed by atoms with Gasteiger partial charge in [0.15, 0.2) is 0 Å². The van der Waals surface area contributed by atoms with Crippen molar-refractivity contribution in [3.05, 3.63) is 0 Å². The molecule has 0 aromatic carbocycles. The van der Waals surface area contributed by atoms with Gasteiger partial charge in [-0.15, -0.1) is 0 Å². The molecule has 1 saturated carbocycles. The Bertz CT molecular complexity index is 257. The Morgan fingerprint density at radius 2 is 2.31 bits per heavy atom. The zero-order valence-electron chi connectivity index (χ0n) is 10.2. The number of ether oxygens (including phenoxy) is 1. The van der Waals surface area contributed by atoms with Crippen LogP contribution in [0.2, 0.25) is 0 Å². The fourth-order valence-electron chi connectivity index (χ4n) is 3.03. The zero-order valence-corrected chi connectivity index (χ0v) is 10.2. The monoisotopic (exact) mass is 226 g/mol. The minimum absolute atomic E-state index is 0.0642. The van der Waals surface area contributed by atoms with Crippen molar-refractivity contribution in [1.29, 1.82) is 0 Å². The summed E-state index contributed by atoms with van der Waals surface area (Å²) < 4.78 is 5.00. The maximum absolute atomic E-state index is 12.2. The van der Waals surface area contributed by atoms with Crippen LogP contribution >= 0.6 is 0 Å². The highest BCUT2D eigenvalue weighted by Gasteiger charge is 2.43. The number of nitrogens with one attached hydrogen (secondary N) is 1. The van der Waals surface area contributed by atoms with Crippen LogP contribution in [-0.2, 0) is 9.53 Å². The summed E-state index contributed by atoms with van der Waals surface area (Å²) in [5.74, 6) is 1.56. The van der Waals surface area contributed by atoms with E-state index in [1.807, 2.05) is 7.05 Å². The third kappa shape index (κ3) is 2.23. The molecule has 2 fully saturated rings. The van der Waals surface area contributed by atoms with E-state index in [2.05, 4.69) is 5.32 Å². The fourth-order valence-corrected chi connectivity index (χ4v) is 3.03. The predicted octanol–water partition coefficient (Wildman–Crippen LogP) is 0.479. The molecule has 92 valence electrons. The van der Waals surface area contributed by atoms with Crippen molar-refractivity contribution in [2.45, 2.75) is 25.3 Å². The summed E-state index contributed by atoms with van der Waals surface area (Å²) in [4.78, 5) is 14.0. The summed E-state index contributed by atoms with van der Waals surface area (Å²) in [7, 11) is 3.53. The molecule has 1 aliphatic carbocycles. The second-order valence-electron chi connectivity index (χ2n) is 4.99. The van der Waals surface area contributed by atoms with Crippen molar-refractivity contribution >= 4 is 5.91 Å². The van der Waals surface area contributed by atoms with E-state index in [0.717, 1.165) is 12.5 Å². The first-order valence-corrected chi connectivity index (χ1v) is 6.21. The van der Waals surface area contributed by atoms with E-state index in [9.17, 15) is 4.79 Å². The maximum atomic E-state index is 12.2. The first-order valence-electron chi connectivity index (χ1n) is 6.21. The lowest BCUT2D eigenvalue weighted by molar-refractivity contribution is -0.133. The minimum Gasteiger partial charge on any atom is -0.383 e. The van der Waals surface area contributed by atoms with Crippen LogP contribution in [0.3, 0.4) is 0 Å². The number of carbonyl (C=O) groups is 1. The molecular weight excluding hydrogens is 204 g/mol. The van der Waals surface area contributed by atoms with Gasteiger partial charge >= 0.3 is 0 Å². The van der Waals surface area contributed by atoms with Crippen LogP contribution in [0.5, 0.6) is 0 Å². The van der Waals surface area contributed by atoms with E-state index in [1.54, 1.807) is 12.0 Å². The maximum Gasteiger partial charge on any atom is 0.239 e. The Hall–Kier alpha value is -0.610. The number of carbonyl (C=O) groups excluding carboxylic acids is 1. The van der Waals surface area contributed by atoms with Gasteiger partial charge in [-0.2, -0.15) is 0 Å². The molecule has 1 amide bonds. The second-order valence-corrected chi connectivity index (χ2v) is 4.99. The van der Waals surface area contributed by atoms with E-state index >= 15 is 0 Å². The second kappa shape index (κ2) is 5.15. The van der Waals surface area contributed by atoms with Crippen molar-refractivity contribution < 1.29 is 9.53 Å². The van der Waals surface area contributed by atoms with Gasteiger partial charge < -0.3 is 15.0 Å². The Labute approximate surface area is 97.3 Å². The standard InChI is InChI=1S/C12H22N2O2/c1-14(6-7-16-2)12(15)11-10-5-3-4-9(10)8-13-11/h9-11,13H,3-8H2,1-2H3. The molecule has 2 aliphatic rings. The van der Waals surface area contributed by atoms with E-state index in [0.29, 0.717) is 19.1 Å². The lowest BCUT2D eigenvalue weighted by atomic mass is 9.93. The van der Waals surface area contributed by atoms with Crippen LogP contribution in [0.4, 0.5) is 0 Å². The van der Waals surface area contributed by atoms with Crippen LogP contribution in [0, 0.1) is 11.8 Å². The first kappa shape index (κ1) is 11.9. The molecule has 1 saturated heterocycles. The number of likely N-dealkylation sites (N-methyl/N-ethyl adjacent to an activating group) is 1. The number of fused-ring (bicyclic) bond motifs is 1. The van der Waals surface area contributed by atoms with Crippen molar-refractivity contribution in [2.75, 3.05) is 33.9 Å². The minimum atomic E-state index is 0.0642. The van der Waals surface area contributed by atoms with Crippen molar-refractivity contribution in [3.8, 4) is 0 Å². The Morgan fingerprint density at radius 1 is 1.50 bits per heavy atom. The molecule has 0 radical (unpaired) electrons. The van der Waals surface area contributed by atoms with Gasteiger partial charge in [-0.3, -0.25) is 4.79 Å². The normalized spacial score (nSPS) is 32.8. The Kier molecular flexibility index (Phi) is 3.82. The first-order chi connectivity index (χ1) is 7.74. The molecule has 16 heavy (non-hydrogen) atoms. The molecule has 0 bridgehead atoms.